The van der Waals surface area contributed by atoms with Crippen LogP contribution in [-0.4, -0.2) is 33.8 Å². The molecule has 0 aliphatic heterocycles. The smallest absolute Gasteiger partial charge is 0.322 e. The minimum Gasteiger partial charge on any atom is -0.468 e. The van der Waals surface area contributed by atoms with Crippen molar-refractivity contribution in [1.82, 2.24) is 4.72 Å². The summed E-state index contributed by atoms with van der Waals surface area (Å²) in [6.45, 7) is 0.314. The van der Waals surface area contributed by atoms with Crippen molar-refractivity contribution < 1.29 is 17.9 Å². The number of nitrogens with one attached hydrogen (secondary N) is 1. The van der Waals surface area contributed by atoms with E-state index >= 15 is 0 Å². The number of methoxy groups -OCH3 is 1. The molecular formula is C12H17NO4S. The summed E-state index contributed by atoms with van der Waals surface area (Å²) in [6.07, 6.45) is 1.48. The second-order valence-electron chi connectivity index (χ2n) is 3.82. The molecule has 0 atom stereocenters. The van der Waals surface area contributed by atoms with Gasteiger partial charge >= 0.3 is 5.97 Å². The van der Waals surface area contributed by atoms with Gasteiger partial charge in [0.2, 0.25) is 10.0 Å². The number of carbonyl (C=O) groups is 1. The summed E-state index contributed by atoms with van der Waals surface area (Å²) >= 11 is 0. The number of hydrogen-bond acceptors (Lipinski definition) is 4. The van der Waals surface area contributed by atoms with Gasteiger partial charge < -0.3 is 4.74 Å². The van der Waals surface area contributed by atoms with E-state index in [2.05, 4.69) is 9.46 Å². The summed E-state index contributed by atoms with van der Waals surface area (Å²) in [5, 5.41) is 0. The van der Waals surface area contributed by atoms with Gasteiger partial charge in [-0.15, -0.1) is 0 Å². The molecule has 5 nitrogen and oxygen atoms in total. The fraction of sp³-hybridized carbons (Fsp3) is 0.417. The van der Waals surface area contributed by atoms with Crippen LogP contribution in [0.2, 0.25) is 0 Å². The van der Waals surface area contributed by atoms with Crippen molar-refractivity contribution in [1.29, 1.82) is 0 Å². The lowest BCUT2D eigenvalue weighted by Gasteiger charge is -2.05. The van der Waals surface area contributed by atoms with Gasteiger partial charge in [-0.25, -0.2) is 13.1 Å². The number of ether oxygens (including phenoxy) is 1. The molecule has 0 heterocycles. The number of hydrogen-bond donors (Lipinski definition) is 1. The predicted molar refractivity (Wildman–Crippen MR) is 68.6 cm³/mol. The minimum atomic E-state index is -3.57. The molecule has 18 heavy (non-hydrogen) atoms. The van der Waals surface area contributed by atoms with Gasteiger partial charge in [0.1, 0.15) is 0 Å². The average Bonchev–Trinajstić information content (AvgIpc) is 2.35. The molecule has 0 aliphatic carbocycles. The van der Waals surface area contributed by atoms with E-state index in [4.69, 9.17) is 0 Å². The van der Waals surface area contributed by atoms with Gasteiger partial charge in [-0.3, -0.25) is 4.79 Å². The first kappa shape index (κ1) is 14.7. The molecule has 0 aliphatic rings. The molecular weight excluding hydrogens is 254 g/mol. The van der Waals surface area contributed by atoms with E-state index in [0.717, 1.165) is 19.1 Å². The van der Waals surface area contributed by atoms with Gasteiger partial charge in [0, 0.05) is 6.54 Å². The second-order valence-corrected chi connectivity index (χ2v) is 5.63. The van der Waals surface area contributed by atoms with E-state index in [1.165, 1.54) is 0 Å². The van der Waals surface area contributed by atoms with Gasteiger partial charge in [-0.05, 0) is 18.4 Å². The first-order valence-electron chi connectivity index (χ1n) is 5.61. The summed E-state index contributed by atoms with van der Waals surface area (Å²) in [5.41, 5.74) is 1.16. The maximum Gasteiger partial charge on any atom is 0.322 e. The Hall–Kier alpha value is -1.40. The van der Waals surface area contributed by atoms with Crippen LogP contribution in [0.4, 0.5) is 0 Å². The normalized spacial score (nSPS) is 11.2. The van der Waals surface area contributed by atoms with Gasteiger partial charge in [-0.2, -0.15) is 0 Å². The Bertz CT molecular complexity index is 470. The third-order valence-corrected chi connectivity index (χ3v) is 3.60. The summed E-state index contributed by atoms with van der Waals surface area (Å²) in [4.78, 5) is 10.8. The van der Waals surface area contributed by atoms with Crippen LogP contribution in [0.3, 0.4) is 0 Å². The topological polar surface area (TPSA) is 72.5 Å². The molecule has 0 saturated carbocycles. The Morgan fingerprint density at radius 3 is 2.56 bits per heavy atom. The van der Waals surface area contributed by atoms with Crippen LogP contribution in [0.1, 0.15) is 12.0 Å². The van der Waals surface area contributed by atoms with Crippen molar-refractivity contribution in [3.05, 3.63) is 35.9 Å². The monoisotopic (exact) mass is 271 g/mol. The Labute approximate surface area is 107 Å². The van der Waals surface area contributed by atoms with Gasteiger partial charge in [0.25, 0.3) is 0 Å². The van der Waals surface area contributed by atoms with Gasteiger partial charge in [0.15, 0.2) is 5.75 Å². The van der Waals surface area contributed by atoms with Crippen molar-refractivity contribution in [2.75, 3.05) is 19.4 Å². The third-order valence-electron chi connectivity index (χ3n) is 2.34. The van der Waals surface area contributed by atoms with E-state index in [0.29, 0.717) is 13.0 Å². The quantitative estimate of drug-likeness (QED) is 0.585. The van der Waals surface area contributed by atoms with Crippen molar-refractivity contribution in [2.45, 2.75) is 12.8 Å². The highest BCUT2D eigenvalue weighted by molar-refractivity contribution is 7.90. The Balaban J connectivity index is 2.27. The maximum atomic E-state index is 11.4. The highest BCUT2D eigenvalue weighted by Gasteiger charge is 2.15. The minimum absolute atomic E-state index is 0.314. The van der Waals surface area contributed by atoms with E-state index in [1.807, 2.05) is 30.3 Å². The van der Waals surface area contributed by atoms with Gasteiger partial charge in [-0.1, -0.05) is 30.3 Å². The zero-order valence-corrected chi connectivity index (χ0v) is 11.1. The molecule has 1 aromatic carbocycles. The first-order chi connectivity index (χ1) is 8.53. The molecule has 1 rings (SSSR count). The molecule has 0 radical (unpaired) electrons. The lowest BCUT2D eigenvalue weighted by molar-refractivity contribution is -0.137. The molecule has 0 unspecified atom stereocenters. The van der Waals surface area contributed by atoms with Crippen LogP contribution in [0.5, 0.6) is 0 Å². The van der Waals surface area contributed by atoms with Crippen molar-refractivity contribution >= 4 is 16.0 Å². The molecule has 1 N–H and O–H groups in total. The standard InChI is InChI=1S/C12H17NO4S/c1-17-12(14)10-18(15,16)13-9-5-8-11-6-3-2-4-7-11/h2-4,6-7,13H,5,8-10H2,1H3. The SMILES string of the molecule is COC(=O)CS(=O)(=O)NCCCc1ccccc1. The molecule has 0 saturated heterocycles. The maximum absolute atomic E-state index is 11.4. The largest absolute Gasteiger partial charge is 0.468 e. The molecule has 100 valence electrons. The van der Waals surface area contributed by atoms with Crippen LogP contribution in [0, 0.1) is 0 Å². The lowest BCUT2D eigenvalue weighted by atomic mass is 10.1. The number of sulfonamides is 1. The van der Waals surface area contributed by atoms with Crippen molar-refractivity contribution in [3.63, 3.8) is 0 Å². The van der Waals surface area contributed by atoms with E-state index < -0.39 is 21.7 Å². The van der Waals surface area contributed by atoms with Crippen LogP contribution < -0.4 is 4.72 Å². The van der Waals surface area contributed by atoms with Crippen LogP contribution in [0.25, 0.3) is 0 Å². The number of rotatable bonds is 7. The summed E-state index contributed by atoms with van der Waals surface area (Å²) in [5.74, 6) is -1.39. The van der Waals surface area contributed by atoms with Gasteiger partial charge in [0.05, 0.1) is 7.11 Å². The van der Waals surface area contributed by atoms with Crippen molar-refractivity contribution in [3.8, 4) is 0 Å². The predicted octanol–water partition coefficient (Wildman–Crippen LogP) is 0.712. The Morgan fingerprint density at radius 2 is 1.94 bits per heavy atom. The molecule has 1 aromatic rings. The van der Waals surface area contributed by atoms with E-state index in [-0.39, 0.29) is 0 Å². The Morgan fingerprint density at radius 1 is 1.28 bits per heavy atom. The highest BCUT2D eigenvalue weighted by Crippen LogP contribution is 2.01. The number of aryl methyl sites for hydroxylation is 1. The molecule has 0 aromatic heterocycles. The summed E-state index contributed by atoms with van der Waals surface area (Å²) in [6, 6.07) is 9.79. The number of benzene rings is 1. The van der Waals surface area contributed by atoms with Crippen LogP contribution in [0.15, 0.2) is 30.3 Å². The summed E-state index contributed by atoms with van der Waals surface area (Å²) < 4.78 is 29.5. The van der Waals surface area contributed by atoms with Crippen LogP contribution >= 0.6 is 0 Å². The Kier molecular flexibility index (Phi) is 5.80. The number of carbonyl (C=O) groups excluding carboxylic acids is 1. The lowest BCUT2D eigenvalue weighted by Crippen LogP contribution is -2.31. The van der Waals surface area contributed by atoms with E-state index in [1.54, 1.807) is 0 Å². The highest BCUT2D eigenvalue weighted by atomic mass is 32.2. The van der Waals surface area contributed by atoms with E-state index in [9.17, 15) is 13.2 Å². The molecule has 0 fully saturated rings. The van der Waals surface area contributed by atoms with Crippen molar-refractivity contribution in [2.24, 2.45) is 0 Å². The average molecular weight is 271 g/mol. The summed E-state index contributed by atoms with van der Waals surface area (Å²) in [7, 11) is -2.41. The fourth-order valence-electron chi connectivity index (χ4n) is 1.43. The second kappa shape index (κ2) is 7.13. The molecule has 6 heteroatoms. The first-order valence-corrected chi connectivity index (χ1v) is 7.27. The molecule has 0 amide bonds. The third kappa shape index (κ3) is 5.79. The molecule has 0 spiro atoms. The fourth-order valence-corrected chi connectivity index (χ4v) is 2.42. The zero-order chi connectivity index (χ0) is 13.4. The van der Waals surface area contributed by atoms with Crippen LogP contribution in [-0.2, 0) is 26.0 Å². The molecule has 0 bridgehead atoms. The zero-order valence-electron chi connectivity index (χ0n) is 10.3. The number of esters is 1.